The molecule has 1 atom stereocenters. The van der Waals surface area contributed by atoms with Gasteiger partial charge in [-0.15, -0.1) is 0 Å². The van der Waals surface area contributed by atoms with Gasteiger partial charge in [0.15, 0.2) is 0 Å². The van der Waals surface area contributed by atoms with E-state index in [1.54, 1.807) is 12.0 Å². The number of H-pyrrole nitrogens is 1. The highest BCUT2D eigenvalue weighted by Crippen LogP contribution is 2.47. The normalized spacial score (nSPS) is 18.2. The number of pyridine rings is 1. The van der Waals surface area contributed by atoms with Crippen LogP contribution < -0.4 is 10.1 Å². The Bertz CT molecular complexity index is 1280. The Hall–Kier alpha value is -2.99. The van der Waals surface area contributed by atoms with Gasteiger partial charge in [0.05, 0.1) is 17.8 Å². The van der Waals surface area contributed by atoms with E-state index in [1.807, 2.05) is 32.4 Å². The van der Waals surface area contributed by atoms with Gasteiger partial charge in [-0.2, -0.15) is 0 Å². The van der Waals surface area contributed by atoms with E-state index in [2.05, 4.69) is 33.5 Å². The van der Waals surface area contributed by atoms with Crippen molar-refractivity contribution in [2.45, 2.75) is 50.9 Å². The number of fused-ring (bicyclic) bond motifs is 1. The zero-order valence-corrected chi connectivity index (χ0v) is 21.4. The molecule has 1 fully saturated rings. The van der Waals surface area contributed by atoms with Crippen LogP contribution in [-0.4, -0.2) is 42.0 Å². The highest BCUT2D eigenvalue weighted by Gasteiger charge is 2.28. The Labute approximate surface area is 211 Å². The molecule has 2 aliphatic rings. The average molecular weight is 493 g/mol. The monoisotopic (exact) mass is 492 g/mol. The van der Waals surface area contributed by atoms with Crippen molar-refractivity contribution in [2.24, 2.45) is 5.92 Å². The quantitative estimate of drug-likeness (QED) is 0.376. The van der Waals surface area contributed by atoms with Crippen LogP contribution in [0.5, 0.6) is 5.75 Å². The minimum Gasteiger partial charge on any atom is -0.495 e. The molecule has 2 aliphatic carbocycles. The molecule has 5 rings (SSSR count). The minimum atomic E-state index is 0.215. The summed E-state index contributed by atoms with van der Waals surface area (Å²) in [7, 11) is 5.32. The summed E-state index contributed by atoms with van der Waals surface area (Å²) in [6, 6.07) is 8.29. The number of hydrogen-bond donors (Lipinski definition) is 2. The first-order valence-electron chi connectivity index (χ1n) is 12.4. The third-order valence-corrected chi connectivity index (χ3v) is 7.62. The van der Waals surface area contributed by atoms with Crippen LogP contribution in [0.3, 0.4) is 0 Å². The smallest absolute Gasteiger partial charge is 0.222 e. The molecule has 184 valence electrons. The number of nitrogens with zero attached hydrogens (tertiary/aromatic N) is 2. The molecule has 6 nitrogen and oxygen atoms in total. The molecule has 0 aliphatic heterocycles. The Balaban J connectivity index is 1.37. The van der Waals surface area contributed by atoms with Crippen molar-refractivity contribution >= 4 is 45.5 Å². The van der Waals surface area contributed by atoms with Crippen molar-refractivity contribution in [1.29, 1.82) is 0 Å². The van der Waals surface area contributed by atoms with Crippen LogP contribution >= 0.6 is 11.6 Å². The SMILES string of the molecule is COc1cc(Nc2ccnc3[nH]c(C4=CCCC(CC(=O)N(C)C)CC4)cc23)cc(C2CC2)c1Cl. The molecule has 35 heavy (non-hydrogen) atoms. The molecule has 0 bridgehead atoms. The van der Waals surface area contributed by atoms with E-state index in [9.17, 15) is 4.79 Å². The number of amides is 1. The highest BCUT2D eigenvalue weighted by atomic mass is 35.5. The third-order valence-electron chi connectivity index (χ3n) is 7.21. The van der Waals surface area contributed by atoms with E-state index in [1.165, 1.54) is 18.4 Å². The maximum absolute atomic E-state index is 12.2. The van der Waals surface area contributed by atoms with Gasteiger partial charge in [-0.25, -0.2) is 4.98 Å². The average Bonchev–Trinajstić information content (AvgIpc) is 3.63. The molecule has 0 saturated heterocycles. The molecular weight excluding hydrogens is 460 g/mol. The fraction of sp³-hybridized carbons (Fsp3) is 0.429. The van der Waals surface area contributed by atoms with Gasteiger partial charge < -0.3 is 19.9 Å². The summed E-state index contributed by atoms with van der Waals surface area (Å²) in [5.74, 6) is 1.87. The number of halogens is 1. The number of hydrogen-bond acceptors (Lipinski definition) is 4. The van der Waals surface area contributed by atoms with Crippen LogP contribution in [0, 0.1) is 5.92 Å². The standard InChI is InChI=1S/C28H33ClN4O2/c1-33(2)26(34)13-17-5-4-6-19(8-7-17)24-16-22-23(11-12-30-28(22)32-24)31-20-14-21(18-9-10-18)27(29)25(15-20)35-3/h6,11-12,14-18H,4-5,7-10,13H2,1-3H3,(H2,30,31,32). The van der Waals surface area contributed by atoms with Gasteiger partial charge in [0.25, 0.3) is 0 Å². The van der Waals surface area contributed by atoms with Gasteiger partial charge in [-0.05, 0) is 79.7 Å². The summed E-state index contributed by atoms with van der Waals surface area (Å²) < 4.78 is 5.55. The molecule has 2 heterocycles. The van der Waals surface area contributed by atoms with E-state index in [4.69, 9.17) is 16.3 Å². The van der Waals surface area contributed by atoms with Crippen molar-refractivity contribution in [3.63, 3.8) is 0 Å². The Morgan fingerprint density at radius 1 is 1.23 bits per heavy atom. The number of carbonyl (C=O) groups is 1. The van der Waals surface area contributed by atoms with E-state index >= 15 is 0 Å². The van der Waals surface area contributed by atoms with Crippen LogP contribution in [-0.2, 0) is 4.79 Å². The van der Waals surface area contributed by atoms with Crippen LogP contribution in [0.1, 0.15) is 62.1 Å². The lowest BCUT2D eigenvalue weighted by molar-refractivity contribution is -0.129. The lowest BCUT2D eigenvalue weighted by Gasteiger charge is -2.17. The van der Waals surface area contributed by atoms with Crippen LogP contribution in [0.25, 0.3) is 16.6 Å². The predicted molar refractivity (Wildman–Crippen MR) is 143 cm³/mol. The van der Waals surface area contributed by atoms with Gasteiger partial charge in [-0.1, -0.05) is 17.7 Å². The second kappa shape index (κ2) is 9.94. The summed E-state index contributed by atoms with van der Waals surface area (Å²) in [6.45, 7) is 0. The number of ether oxygens (including phenoxy) is 1. The molecule has 2 N–H and O–H groups in total. The Morgan fingerprint density at radius 2 is 2.06 bits per heavy atom. The summed E-state index contributed by atoms with van der Waals surface area (Å²) in [4.78, 5) is 22.0. The molecule has 2 aromatic heterocycles. The van der Waals surface area contributed by atoms with Gasteiger partial charge in [0, 0.05) is 49.5 Å². The van der Waals surface area contributed by atoms with Crippen LogP contribution in [0.15, 0.2) is 36.5 Å². The van der Waals surface area contributed by atoms with Crippen molar-refractivity contribution in [3.05, 3.63) is 52.8 Å². The topological polar surface area (TPSA) is 70.2 Å². The fourth-order valence-corrected chi connectivity index (χ4v) is 5.31. The predicted octanol–water partition coefficient (Wildman–Crippen LogP) is 6.90. The Morgan fingerprint density at radius 3 is 2.80 bits per heavy atom. The lowest BCUT2D eigenvalue weighted by atomic mass is 9.94. The number of benzene rings is 1. The first-order chi connectivity index (χ1) is 16.9. The summed E-state index contributed by atoms with van der Waals surface area (Å²) in [5, 5.41) is 5.35. The van der Waals surface area contributed by atoms with E-state index in [0.29, 0.717) is 24.0 Å². The number of allylic oxidation sites excluding steroid dienone is 2. The van der Waals surface area contributed by atoms with Crippen LogP contribution in [0.2, 0.25) is 5.02 Å². The van der Waals surface area contributed by atoms with Crippen molar-refractivity contribution < 1.29 is 9.53 Å². The second-order valence-electron chi connectivity index (χ2n) is 9.99. The van der Waals surface area contributed by atoms with Gasteiger partial charge in [0.1, 0.15) is 11.4 Å². The highest BCUT2D eigenvalue weighted by molar-refractivity contribution is 6.33. The first kappa shape index (κ1) is 23.7. The van der Waals surface area contributed by atoms with Crippen molar-refractivity contribution in [2.75, 3.05) is 26.5 Å². The maximum Gasteiger partial charge on any atom is 0.222 e. The first-order valence-corrected chi connectivity index (χ1v) is 12.8. The molecule has 1 amide bonds. The largest absolute Gasteiger partial charge is 0.495 e. The molecule has 3 aromatic rings. The van der Waals surface area contributed by atoms with Gasteiger partial charge in [-0.3, -0.25) is 4.79 Å². The molecular formula is C28H33ClN4O2. The van der Waals surface area contributed by atoms with Crippen molar-refractivity contribution in [3.8, 4) is 5.75 Å². The van der Waals surface area contributed by atoms with Crippen molar-refractivity contribution in [1.82, 2.24) is 14.9 Å². The number of aromatic amines is 1. The second-order valence-corrected chi connectivity index (χ2v) is 10.4. The van der Waals surface area contributed by atoms with Gasteiger partial charge in [0.2, 0.25) is 5.91 Å². The zero-order valence-electron chi connectivity index (χ0n) is 20.7. The summed E-state index contributed by atoms with van der Waals surface area (Å²) in [6.07, 6.45) is 11.1. The zero-order chi connectivity index (χ0) is 24.5. The minimum absolute atomic E-state index is 0.215. The number of nitrogens with one attached hydrogen (secondary N) is 2. The molecule has 7 heteroatoms. The van der Waals surface area contributed by atoms with E-state index in [-0.39, 0.29) is 5.91 Å². The number of anilines is 2. The number of carbonyl (C=O) groups excluding carboxylic acids is 1. The molecule has 0 radical (unpaired) electrons. The van der Waals surface area contributed by atoms with E-state index in [0.717, 1.165) is 64.4 Å². The fourth-order valence-electron chi connectivity index (χ4n) is 4.97. The summed E-state index contributed by atoms with van der Waals surface area (Å²) >= 11 is 6.57. The molecule has 0 spiro atoms. The lowest BCUT2D eigenvalue weighted by Crippen LogP contribution is -2.24. The molecule has 1 unspecified atom stereocenters. The Kier molecular flexibility index (Phi) is 6.74. The number of methoxy groups -OCH3 is 1. The maximum atomic E-state index is 12.2. The molecule has 1 saturated carbocycles. The van der Waals surface area contributed by atoms with E-state index < -0.39 is 0 Å². The number of aromatic nitrogens is 2. The van der Waals surface area contributed by atoms with Gasteiger partial charge >= 0.3 is 0 Å². The summed E-state index contributed by atoms with van der Waals surface area (Å²) in [5.41, 5.74) is 6.38. The third kappa shape index (κ3) is 5.18. The number of rotatable bonds is 7. The molecule has 1 aromatic carbocycles. The van der Waals surface area contributed by atoms with Crippen LogP contribution in [0.4, 0.5) is 11.4 Å².